The van der Waals surface area contributed by atoms with E-state index in [2.05, 4.69) is 57.2 Å². The third-order valence-electron chi connectivity index (χ3n) is 11.5. The molecule has 0 bridgehead atoms. The molecule has 0 aromatic carbocycles. The van der Waals surface area contributed by atoms with Crippen LogP contribution in [0, 0.1) is 0 Å². The molecule has 6 heteroatoms. The summed E-state index contributed by atoms with van der Waals surface area (Å²) in [5.74, 6) is -0.873. The quantitative estimate of drug-likeness (QED) is 0.0263. The molecular weight excluding hydrogens is 745 g/mol. The predicted molar refractivity (Wildman–Crippen MR) is 256 cm³/mol. The van der Waals surface area contributed by atoms with Crippen LogP contribution in [0.25, 0.3) is 0 Å². The van der Waals surface area contributed by atoms with E-state index in [4.69, 9.17) is 14.2 Å². The van der Waals surface area contributed by atoms with Crippen LogP contribution in [-0.2, 0) is 28.6 Å². The number of allylic oxidation sites excluding steroid dienone is 6. The number of hydrogen-bond acceptors (Lipinski definition) is 6. The van der Waals surface area contributed by atoms with E-state index < -0.39 is 6.10 Å². The predicted octanol–water partition coefficient (Wildman–Crippen LogP) is 16.9. The molecule has 0 rings (SSSR count). The summed E-state index contributed by atoms with van der Waals surface area (Å²) in [6, 6.07) is 0. The number of rotatable bonds is 47. The molecule has 1 atom stereocenters. The van der Waals surface area contributed by atoms with Crippen LogP contribution in [0.2, 0.25) is 0 Å². The first-order valence-corrected chi connectivity index (χ1v) is 26.0. The first kappa shape index (κ1) is 57.6. The minimum Gasteiger partial charge on any atom is -0.462 e. The topological polar surface area (TPSA) is 78.9 Å². The van der Waals surface area contributed by atoms with E-state index in [0.717, 1.165) is 70.6 Å². The fraction of sp³-hybridized carbons (Fsp3) is 0.833. The van der Waals surface area contributed by atoms with Crippen LogP contribution < -0.4 is 0 Å². The van der Waals surface area contributed by atoms with Crippen LogP contribution in [-0.4, -0.2) is 37.2 Å². The van der Waals surface area contributed by atoms with Crippen molar-refractivity contribution in [3.8, 4) is 0 Å². The zero-order valence-electron chi connectivity index (χ0n) is 40.0. The molecule has 0 radical (unpaired) electrons. The SMILES string of the molecule is CC\C=C/C=C\C=C/CCCCCCCCCC(=O)OC(COC(=O)CCCCCCCCCCCCC)COC(=O)CCCCCCCCCCCCCCCCCC. The second kappa shape index (κ2) is 49.3. The third-order valence-corrected chi connectivity index (χ3v) is 11.5. The number of carbonyl (C=O) groups is 3. The summed E-state index contributed by atoms with van der Waals surface area (Å²) in [5.41, 5.74) is 0. The van der Waals surface area contributed by atoms with Crippen LogP contribution in [0.15, 0.2) is 36.5 Å². The van der Waals surface area contributed by atoms with Gasteiger partial charge in [-0.15, -0.1) is 0 Å². The molecule has 0 aromatic rings. The molecule has 0 spiro atoms. The Morgan fingerprint density at radius 1 is 0.350 bits per heavy atom. The lowest BCUT2D eigenvalue weighted by Gasteiger charge is -2.18. The third kappa shape index (κ3) is 46.7. The minimum atomic E-state index is -0.772. The Kier molecular flexibility index (Phi) is 47.3. The number of esters is 3. The highest BCUT2D eigenvalue weighted by atomic mass is 16.6. The molecule has 0 aliphatic heterocycles. The second-order valence-electron chi connectivity index (χ2n) is 17.5. The van der Waals surface area contributed by atoms with Crippen LogP contribution in [0.4, 0.5) is 0 Å². The molecule has 6 nitrogen and oxygen atoms in total. The minimum absolute atomic E-state index is 0.0729. The number of ether oxygens (including phenoxy) is 3. The standard InChI is InChI=1S/C54H98O6/c1-4-7-10-13-16-19-22-24-26-28-29-32-35-38-41-44-47-53(56)59-50-51(49-58-52(55)46-43-40-37-34-31-21-18-15-12-9-6-3)60-54(57)48-45-42-39-36-33-30-27-25-23-20-17-14-11-8-5-2/h8,11,14,17,20,23,51H,4-7,9-10,12-13,15-16,18-19,21-22,24-50H2,1-3H3/b11-8-,17-14-,23-20-. The van der Waals surface area contributed by atoms with Gasteiger partial charge in [0.15, 0.2) is 6.10 Å². The summed E-state index contributed by atoms with van der Waals surface area (Å²) in [7, 11) is 0. The molecule has 0 heterocycles. The molecule has 0 N–H and O–H groups in total. The fourth-order valence-electron chi connectivity index (χ4n) is 7.56. The van der Waals surface area contributed by atoms with Crippen molar-refractivity contribution in [1.29, 1.82) is 0 Å². The summed E-state index contributed by atoms with van der Waals surface area (Å²) in [5, 5.41) is 0. The van der Waals surface area contributed by atoms with Gasteiger partial charge in [0.05, 0.1) is 0 Å². The molecule has 0 saturated heterocycles. The van der Waals surface area contributed by atoms with Gasteiger partial charge in [0.2, 0.25) is 0 Å². The highest BCUT2D eigenvalue weighted by Crippen LogP contribution is 2.16. The molecule has 0 aromatic heterocycles. The van der Waals surface area contributed by atoms with Crippen molar-refractivity contribution < 1.29 is 28.6 Å². The van der Waals surface area contributed by atoms with Gasteiger partial charge < -0.3 is 14.2 Å². The van der Waals surface area contributed by atoms with Gasteiger partial charge in [0.25, 0.3) is 0 Å². The van der Waals surface area contributed by atoms with Crippen LogP contribution in [0.5, 0.6) is 0 Å². The van der Waals surface area contributed by atoms with Crippen molar-refractivity contribution in [3.05, 3.63) is 36.5 Å². The number of hydrogen-bond donors (Lipinski definition) is 0. The Bertz CT molecular complexity index is 1020. The summed E-state index contributed by atoms with van der Waals surface area (Å²) < 4.78 is 16.8. The van der Waals surface area contributed by atoms with Crippen molar-refractivity contribution in [1.82, 2.24) is 0 Å². The van der Waals surface area contributed by atoms with Crippen molar-refractivity contribution in [2.24, 2.45) is 0 Å². The first-order chi connectivity index (χ1) is 29.5. The average Bonchev–Trinajstić information content (AvgIpc) is 3.24. The van der Waals surface area contributed by atoms with E-state index in [1.165, 1.54) is 161 Å². The highest BCUT2D eigenvalue weighted by Gasteiger charge is 2.19. The van der Waals surface area contributed by atoms with E-state index in [0.29, 0.717) is 19.3 Å². The van der Waals surface area contributed by atoms with E-state index in [-0.39, 0.29) is 31.1 Å². The summed E-state index contributed by atoms with van der Waals surface area (Å²) in [6.07, 6.45) is 57.0. The Balaban J connectivity index is 4.34. The van der Waals surface area contributed by atoms with Gasteiger partial charge in [-0.25, -0.2) is 0 Å². The lowest BCUT2D eigenvalue weighted by molar-refractivity contribution is -0.167. The zero-order chi connectivity index (χ0) is 43.7. The Morgan fingerprint density at radius 3 is 1.00 bits per heavy atom. The largest absolute Gasteiger partial charge is 0.462 e. The second-order valence-corrected chi connectivity index (χ2v) is 17.5. The number of carbonyl (C=O) groups excluding carboxylic acids is 3. The average molecular weight is 843 g/mol. The van der Waals surface area contributed by atoms with Crippen molar-refractivity contribution in [3.63, 3.8) is 0 Å². The smallest absolute Gasteiger partial charge is 0.306 e. The molecule has 60 heavy (non-hydrogen) atoms. The molecule has 350 valence electrons. The molecule has 0 fully saturated rings. The maximum absolute atomic E-state index is 12.8. The van der Waals surface area contributed by atoms with Gasteiger partial charge in [-0.05, 0) is 38.5 Å². The van der Waals surface area contributed by atoms with Gasteiger partial charge in [-0.1, -0.05) is 250 Å². The Hall–Kier alpha value is -2.37. The van der Waals surface area contributed by atoms with E-state index in [1.54, 1.807) is 0 Å². The van der Waals surface area contributed by atoms with Gasteiger partial charge in [0, 0.05) is 19.3 Å². The molecule has 0 saturated carbocycles. The Morgan fingerprint density at radius 2 is 0.650 bits per heavy atom. The fourth-order valence-corrected chi connectivity index (χ4v) is 7.56. The monoisotopic (exact) mass is 843 g/mol. The maximum atomic E-state index is 12.8. The molecular formula is C54H98O6. The van der Waals surface area contributed by atoms with Crippen molar-refractivity contribution in [2.45, 2.75) is 277 Å². The normalized spacial score (nSPS) is 12.2. The van der Waals surface area contributed by atoms with E-state index in [9.17, 15) is 14.4 Å². The molecule has 0 aliphatic rings. The Labute approximate surface area is 372 Å². The van der Waals surface area contributed by atoms with Gasteiger partial charge in [-0.3, -0.25) is 14.4 Å². The van der Waals surface area contributed by atoms with Gasteiger partial charge >= 0.3 is 17.9 Å². The summed E-state index contributed by atoms with van der Waals surface area (Å²) >= 11 is 0. The van der Waals surface area contributed by atoms with Gasteiger partial charge in [-0.2, -0.15) is 0 Å². The van der Waals surface area contributed by atoms with Crippen molar-refractivity contribution >= 4 is 17.9 Å². The van der Waals surface area contributed by atoms with Crippen LogP contribution >= 0.6 is 0 Å². The lowest BCUT2D eigenvalue weighted by Crippen LogP contribution is -2.30. The molecule has 0 amide bonds. The molecule has 1 unspecified atom stereocenters. The number of unbranched alkanes of at least 4 members (excludes halogenated alkanes) is 32. The van der Waals surface area contributed by atoms with Crippen LogP contribution in [0.1, 0.15) is 271 Å². The molecule has 0 aliphatic carbocycles. The van der Waals surface area contributed by atoms with E-state index >= 15 is 0 Å². The maximum Gasteiger partial charge on any atom is 0.306 e. The van der Waals surface area contributed by atoms with Gasteiger partial charge in [0.1, 0.15) is 13.2 Å². The summed E-state index contributed by atoms with van der Waals surface area (Å²) in [4.78, 5) is 37.9. The zero-order valence-corrected chi connectivity index (χ0v) is 40.0. The first-order valence-electron chi connectivity index (χ1n) is 26.0. The van der Waals surface area contributed by atoms with Crippen molar-refractivity contribution in [2.75, 3.05) is 13.2 Å². The van der Waals surface area contributed by atoms with Crippen LogP contribution in [0.3, 0.4) is 0 Å². The highest BCUT2D eigenvalue weighted by molar-refractivity contribution is 5.71. The van der Waals surface area contributed by atoms with E-state index in [1.807, 2.05) is 0 Å². The lowest BCUT2D eigenvalue weighted by atomic mass is 10.0. The summed E-state index contributed by atoms with van der Waals surface area (Å²) in [6.45, 7) is 6.52.